The van der Waals surface area contributed by atoms with Crippen LogP contribution in [0.5, 0.6) is 5.75 Å². The first-order chi connectivity index (χ1) is 12.2. The number of carbonyl (C=O) groups is 2. The van der Waals surface area contributed by atoms with E-state index in [-0.39, 0.29) is 30.4 Å². The number of urea groups is 1. The van der Waals surface area contributed by atoms with Gasteiger partial charge >= 0.3 is 6.03 Å². The van der Waals surface area contributed by atoms with Crippen molar-refractivity contribution in [3.8, 4) is 5.75 Å². The lowest BCUT2D eigenvalue weighted by molar-refractivity contribution is -0.128. The van der Waals surface area contributed by atoms with Crippen LogP contribution >= 0.6 is 28.3 Å². The molecule has 0 saturated carbocycles. The maximum Gasteiger partial charge on any atom is 0.327 e. The van der Waals surface area contributed by atoms with E-state index in [4.69, 9.17) is 4.74 Å². The van der Waals surface area contributed by atoms with E-state index in [1.54, 1.807) is 4.90 Å². The molecule has 1 atom stereocenters. The van der Waals surface area contributed by atoms with Gasteiger partial charge in [0.05, 0.1) is 0 Å². The minimum absolute atomic E-state index is 0. The van der Waals surface area contributed by atoms with Crippen LogP contribution in [0.4, 0.5) is 4.79 Å². The van der Waals surface area contributed by atoms with Crippen molar-refractivity contribution in [1.29, 1.82) is 0 Å². The van der Waals surface area contributed by atoms with Crippen molar-refractivity contribution in [1.82, 2.24) is 15.1 Å². The SMILES string of the molecule is Cl.O=C1C2CCCN2C(=O)N1CCCCNCCOc1ccc(Br)cc1. The lowest BCUT2D eigenvalue weighted by Gasteiger charge is -2.15. The number of ether oxygens (including phenoxy) is 1. The van der Waals surface area contributed by atoms with Gasteiger partial charge in [-0.25, -0.2) is 4.79 Å². The summed E-state index contributed by atoms with van der Waals surface area (Å²) >= 11 is 3.39. The van der Waals surface area contributed by atoms with E-state index in [2.05, 4.69) is 21.2 Å². The number of hydrogen-bond acceptors (Lipinski definition) is 4. The molecule has 2 fully saturated rings. The Bertz CT molecular complexity index is 592. The Hall–Kier alpha value is -1.31. The third-order valence-corrected chi connectivity index (χ3v) is 5.16. The molecule has 3 rings (SSSR count). The topological polar surface area (TPSA) is 61.9 Å². The summed E-state index contributed by atoms with van der Waals surface area (Å²) in [4.78, 5) is 27.5. The average molecular weight is 447 g/mol. The number of unbranched alkanes of at least 4 members (excludes halogenated alkanes) is 1. The number of rotatable bonds is 9. The number of hydrogen-bond donors (Lipinski definition) is 1. The molecule has 2 saturated heterocycles. The molecule has 8 heteroatoms. The molecule has 1 aromatic rings. The molecule has 1 aromatic carbocycles. The highest BCUT2D eigenvalue weighted by atomic mass is 79.9. The summed E-state index contributed by atoms with van der Waals surface area (Å²) in [6.45, 7) is 3.50. The molecule has 26 heavy (non-hydrogen) atoms. The Morgan fingerprint density at radius 3 is 2.65 bits per heavy atom. The molecule has 6 nitrogen and oxygen atoms in total. The number of nitrogens with zero attached hydrogens (tertiary/aromatic N) is 2. The van der Waals surface area contributed by atoms with Gasteiger partial charge < -0.3 is 15.0 Å². The number of halogens is 2. The first-order valence-corrected chi connectivity index (χ1v) is 9.67. The van der Waals surface area contributed by atoms with Crippen molar-refractivity contribution in [3.63, 3.8) is 0 Å². The summed E-state index contributed by atoms with van der Waals surface area (Å²) in [7, 11) is 0. The maximum absolute atomic E-state index is 12.2. The Morgan fingerprint density at radius 2 is 1.92 bits per heavy atom. The van der Waals surface area contributed by atoms with E-state index in [9.17, 15) is 9.59 Å². The third-order valence-electron chi connectivity index (χ3n) is 4.63. The van der Waals surface area contributed by atoms with Crippen molar-refractivity contribution in [2.75, 3.05) is 32.8 Å². The molecule has 0 radical (unpaired) electrons. The van der Waals surface area contributed by atoms with Gasteiger partial charge in [-0.15, -0.1) is 12.4 Å². The highest BCUT2D eigenvalue weighted by molar-refractivity contribution is 9.10. The lowest BCUT2D eigenvalue weighted by Crippen LogP contribution is -2.34. The Balaban J connectivity index is 0.00000243. The number of imide groups is 1. The van der Waals surface area contributed by atoms with Crippen LogP contribution in [0.15, 0.2) is 28.7 Å². The second-order valence-electron chi connectivity index (χ2n) is 6.38. The maximum atomic E-state index is 12.2. The molecule has 0 bridgehead atoms. The Morgan fingerprint density at radius 1 is 1.15 bits per heavy atom. The van der Waals surface area contributed by atoms with Crippen LogP contribution in [-0.4, -0.2) is 60.6 Å². The monoisotopic (exact) mass is 445 g/mol. The van der Waals surface area contributed by atoms with Crippen LogP contribution in [0.25, 0.3) is 0 Å². The molecule has 0 aliphatic carbocycles. The van der Waals surface area contributed by atoms with E-state index in [0.717, 1.165) is 55.5 Å². The van der Waals surface area contributed by atoms with E-state index in [0.29, 0.717) is 13.2 Å². The van der Waals surface area contributed by atoms with Crippen molar-refractivity contribution in [3.05, 3.63) is 28.7 Å². The molecule has 144 valence electrons. The quantitative estimate of drug-likeness (QED) is 0.468. The number of fused-ring (bicyclic) bond motifs is 1. The van der Waals surface area contributed by atoms with Crippen molar-refractivity contribution < 1.29 is 14.3 Å². The van der Waals surface area contributed by atoms with E-state index < -0.39 is 0 Å². The molecule has 2 heterocycles. The molecule has 2 aliphatic rings. The normalized spacial score (nSPS) is 18.9. The minimum Gasteiger partial charge on any atom is -0.492 e. The molecule has 1 N–H and O–H groups in total. The largest absolute Gasteiger partial charge is 0.492 e. The van der Waals surface area contributed by atoms with Crippen LogP contribution in [0, 0.1) is 0 Å². The zero-order chi connectivity index (χ0) is 17.6. The fourth-order valence-corrected chi connectivity index (χ4v) is 3.57. The Kier molecular flexibility index (Phi) is 8.18. The van der Waals surface area contributed by atoms with Gasteiger partial charge in [-0.2, -0.15) is 0 Å². The molecule has 0 spiro atoms. The number of amides is 3. The van der Waals surface area contributed by atoms with Gasteiger partial charge in [-0.05, 0) is 56.5 Å². The second-order valence-corrected chi connectivity index (χ2v) is 7.30. The van der Waals surface area contributed by atoms with Crippen LogP contribution in [0.2, 0.25) is 0 Å². The molecular formula is C18H25BrClN3O3. The summed E-state index contributed by atoms with van der Waals surface area (Å²) in [6, 6.07) is 7.49. The molecular weight excluding hydrogens is 422 g/mol. The highest BCUT2D eigenvalue weighted by Crippen LogP contribution is 2.27. The number of benzene rings is 1. The summed E-state index contributed by atoms with van der Waals surface area (Å²) in [5.74, 6) is 0.856. The second kappa shape index (κ2) is 10.1. The van der Waals surface area contributed by atoms with Crippen molar-refractivity contribution in [2.24, 2.45) is 0 Å². The van der Waals surface area contributed by atoms with Gasteiger partial charge in [0.1, 0.15) is 18.4 Å². The predicted octanol–water partition coefficient (Wildman–Crippen LogP) is 3.05. The van der Waals surface area contributed by atoms with Gasteiger partial charge in [0, 0.05) is 24.1 Å². The van der Waals surface area contributed by atoms with Crippen LogP contribution in [-0.2, 0) is 4.79 Å². The van der Waals surface area contributed by atoms with Gasteiger partial charge in [0.2, 0.25) is 0 Å². The molecule has 2 aliphatic heterocycles. The number of nitrogens with one attached hydrogen (secondary N) is 1. The predicted molar refractivity (Wildman–Crippen MR) is 106 cm³/mol. The van der Waals surface area contributed by atoms with Crippen LogP contribution < -0.4 is 10.1 Å². The van der Waals surface area contributed by atoms with Crippen LogP contribution in [0.3, 0.4) is 0 Å². The van der Waals surface area contributed by atoms with Crippen molar-refractivity contribution in [2.45, 2.75) is 31.7 Å². The highest BCUT2D eigenvalue weighted by Gasteiger charge is 2.46. The lowest BCUT2D eigenvalue weighted by atomic mass is 10.2. The van der Waals surface area contributed by atoms with Crippen molar-refractivity contribution >= 4 is 40.3 Å². The Labute approximate surface area is 168 Å². The molecule has 0 aromatic heterocycles. The zero-order valence-electron chi connectivity index (χ0n) is 14.7. The van der Waals surface area contributed by atoms with Gasteiger partial charge in [-0.3, -0.25) is 9.69 Å². The smallest absolute Gasteiger partial charge is 0.327 e. The van der Waals surface area contributed by atoms with Gasteiger partial charge in [0.25, 0.3) is 5.91 Å². The average Bonchev–Trinajstić information content (AvgIpc) is 3.18. The summed E-state index contributed by atoms with van der Waals surface area (Å²) < 4.78 is 6.67. The first-order valence-electron chi connectivity index (χ1n) is 8.88. The van der Waals surface area contributed by atoms with E-state index in [1.807, 2.05) is 24.3 Å². The van der Waals surface area contributed by atoms with Crippen LogP contribution in [0.1, 0.15) is 25.7 Å². The summed E-state index contributed by atoms with van der Waals surface area (Å²) in [5.41, 5.74) is 0. The minimum atomic E-state index is -0.179. The molecule has 1 unspecified atom stereocenters. The zero-order valence-corrected chi connectivity index (χ0v) is 17.1. The van der Waals surface area contributed by atoms with Gasteiger partial charge in [0.15, 0.2) is 0 Å². The standard InChI is InChI=1S/C18H24BrN3O3.ClH/c19-14-5-7-15(8-6-14)25-13-10-20-9-1-2-11-22-17(23)16-4-3-12-21(16)18(22)24;/h5-8,16,20H,1-4,9-13H2;1H. The van der Waals surface area contributed by atoms with Gasteiger partial charge in [-0.1, -0.05) is 15.9 Å². The summed E-state index contributed by atoms with van der Waals surface area (Å²) in [5, 5.41) is 3.32. The fourth-order valence-electron chi connectivity index (χ4n) is 3.30. The van der Waals surface area contributed by atoms with E-state index in [1.165, 1.54) is 4.90 Å². The molecule has 3 amide bonds. The summed E-state index contributed by atoms with van der Waals surface area (Å²) in [6.07, 6.45) is 3.53. The number of carbonyl (C=O) groups excluding carboxylic acids is 2. The van der Waals surface area contributed by atoms with E-state index >= 15 is 0 Å². The first kappa shape index (κ1) is 21.0. The fraction of sp³-hybridized carbons (Fsp3) is 0.556. The third kappa shape index (κ3) is 5.11.